The van der Waals surface area contributed by atoms with Crippen molar-refractivity contribution in [3.05, 3.63) is 53.8 Å². The van der Waals surface area contributed by atoms with Crippen molar-refractivity contribution in [3.8, 4) is 17.2 Å². The first-order valence-corrected chi connectivity index (χ1v) is 8.61. The fourth-order valence-corrected chi connectivity index (χ4v) is 3.52. The van der Waals surface area contributed by atoms with E-state index in [4.69, 9.17) is 15.6 Å². The number of halogens is 1. The van der Waals surface area contributed by atoms with E-state index in [1.165, 1.54) is 12.1 Å². The molecule has 5 heteroatoms. The molecule has 1 saturated heterocycles. The van der Waals surface area contributed by atoms with Crippen molar-refractivity contribution < 1.29 is 20.0 Å². The van der Waals surface area contributed by atoms with E-state index in [0.29, 0.717) is 35.7 Å². The first-order chi connectivity index (χ1) is 12.5. The zero-order valence-corrected chi connectivity index (χ0v) is 14.1. The van der Waals surface area contributed by atoms with E-state index in [0.717, 1.165) is 25.1 Å². The largest absolute Gasteiger partial charge is 0.493 e. The lowest BCUT2D eigenvalue weighted by Gasteiger charge is -2.32. The molecule has 2 aliphatic rings. The Morgan fingerprint density at radius 2 is 2.00 bits per heavy atom. The predicted molar refractivity (Wildman–Crippen MR) is 92.8 cm³/mol. The van der Waals surface area contributed by atoms with Gasteiger partial charge in [0.25, 0.3) is 0 Å². The standard InChI is InChI=1S/C20H22FNO3/c1-13-24-19-7-6-17(10-20(19)25-13)23-12-15-11-22-9-8-18(15)14-2-4-16(21)5-3-14/h2-7,10,13,15,18,22H,8-9,11-12H2,1H3/t13?,15-,18-/m0/s1/i13D. The average molecular weight is 344 g/mol. The Morgan fingerprint density at radius 1 is 1.20 bits per heavy atom. The fraction of sp³-hybridized carbons (Fsp3) is 0.400. The van der Waals surface area contributed by atoms with E-state index in [-0.39, 0.29) is 5.82 Å². The Morgan fingerprint density at radius 3 is 2.84 bits per heavy atom. The van der Waals surface area contributed by atoms with Crippen molar-refractivity contribution in [2.24, 2.45) is 5.92 Å². The molecule has 0 bridgehead atoms. The van der Waals surface area contributed by atoms with E-state index in [1.807, 2.05) is 18.2 Å². The summed E-state index contributed by atoms with van der Waals surface area (Å²) in [5.74, 6) is 2.18. The summed E-state index contributed by atoms with van der Waals surface area (Å²) >= 11 is 0. The SMILES string of the molecule is [2H]C1(C)Oc2ccc(OC[C@@H]3CNCC[C@H]3c3ccc(F)cc3)cc2O1. The van der Waals surface area contributed by atoms with Gasteiger partial charge in [0, 0.05) is 25.5 Å². The third-order valence-corrected chi connectivity index (χ3v) is 4.79. The second kappa shape index (κ2) is 6.92. The maximum atomic E-state index is 13.2. The predicted octanol–water partition coefficient (Wildman–Crippen LogP) is 3.72. The van der Waals surface area contributed by atoms with E-state index < -0.39 is 6.27 Å². The van der Waals surface area contributed by atoms with Gasteiger partial charge in [-0.1, -0.05) is 12.1 Å². The van der Waals surface area contributed by atoms with Crippen LogP contribution in [0.25, 0.3) is 0 Å². The van der Waals surface area contributed by atoms with Crippen LogP contribution in [0.3, 0.4) is 0 Å². The summed E-state index contributed by atoms with van der Waals surface area (Å²) in [6.07, 6.45) is -0.389. The zero-order chi connectivity index (χ0) is 18.1. The molecule has 132 valence electrons. The highest BCUT2D eigenvalue weighted by molar-refractivity contribution is 5.47. The van der Waals surface area contributed by atoms with Crippen LogP contribution in [0.2, 0.25) is 0 Å². The lowest BCUT2D eigenvalue weighted by atomic mass is 9.81. The molecular weight excluding hydrogens is 321 g/mol. The van der Waals surface area contributed by atoms with Crippen molar-refractivity contribution in [3.63, 3.8) is 0 Å². The molecule has 0 aliphatic carbocycles. The van der Waals surface area contributed by atoms with Gasteiger partial charge in [-0.2, -0.15) is 0 Å². The third-order valence-electron chi connectivity index (χ3n) is 4.79. The van der Waals surface area contributed by atoms with Crippen molar-refractivity contribution in [2.45, 2.75) is 25.5 Å². The summed E-state index contributed by atoms with van der Waals surface area (Å²) in [4.78, 5) is 0. The molecule has 4 nitrogen and oxygen atoms in total. The highest BCUT2D eigenvalue weighted by Gasteiger charge is 2.27. The Bertz CT molecular complexity index is 781. The Labute approximate surface area is 148 Å². The summed E-state index contributed by atoms with van der Waals surface area (Å²) in [5, 5.41) is 3.41. The van der Waals surface area contributed by atoms with Crippen LogP contribution >= 0.6 is 0 Å². The number of rotatable bonds is 4. The van der Waals surface area contributed by atoms with Gasteiger partial charge in [0.1, 0.15) is 12.9 Å². The average Bonchev–Trinajstić information content (AvgIpc) is 2.94. The number of benzene rings is 2. The van der Waals surface area contributed by atoms with Gasteiger partial charge in [-0.25, -0.2) is 4.39 Å². The van der Waals surface area contributed by atoms with E-state index in [2.05, 4.69) is 5.32 Å². The molecule has 3 atom stereocenters. The highest BCUT2D eigenvalue weighted by atomic mass is 19.1. The molecule has 0 amide bonds. The second-order valence-corrected chi connectivity index (χ2v) is 6.53. The number of hydrogen-bond donors (Lipinski definition) is 1. The van der Waals surface area contributed by atoms with Crippen LogP contribution in [0.1, 0.15) is 26.2 Å². The van der Waals surface area contributed by atoms with Gasteiger partial charge in [0.2, 0.25) is 6.27 Å². The molecular formula is C20H22FNO3. The molecule has 1 fully saturated rings. The third kappa shape index (κ3) is 3.56. The second-order valence-electron chi connectivity index (χ2n) is 6.53. The van der Waals surface area contributed by atoms with Crippen LogP contribution in [0, 0.1) is 11.7 Å². The van der Waals surface area contributed by atoms with Gasteiger partial charge in [-0.3, -0.25) is 0 Å². The van der Waals surface area contributed by atoms with Gasteiger partial charge < -0.3 is 19.5 Å². The number of hydrogen-bond acceptors (Lipinski definition) is 4. The molecule has 1 N–H and O–H groups in total. The normalized spacial score (nSPS) is 28.5. The number of fused-ring (bicyclic) bond motifs is 1. The zero-order valence-electron chi connectivity index (χ0n) is 15.1. The van der Waals surface area contributed by atoms with Crippen LogP contribution in [-0.2, 0) is 0 Å². The lowest BCUT2D eigenvalue weighted by Crippen LogP contribution is -2.38. The van der Waals surface area contributed by atoms with Gasteiger partial charge in [-0.15, -0.1) is 0 Å². The summed E-state index contributed by atoms with van der Waals surface area (Å²) in [6.45, 7) is 3.91. The van der Waals surface area contributed by atoms with Crippen molar-refractivity contribution >= 4 is 0 Å². The first-order valence-electron chi connectivity index (χ1n) is 9.11. The number of ether oxygens (including phenoxy) is 3. The molecule has 2 aromatic rings. The summed E-state index contributed by atoms with van der Waals surface area (Å²) in [5.41, 5.74) is 1.15. The molecule has 2 heterocycles. The molecule has 0 spiro atoms. The Kier molecular flexibility index (Phi) is 4.16. The quantitative estimate of drug-likeness (QED) is 0.918. The number of piperidine rings is 1. The number of nitrogens with one attached hydrogen (secondary N) is 1. The molecule has 2 aliphatic heterocycles. The summed E-state index contributed by atoms with van der Waals surface area (Å²) in [7, 11) is 0. The molecule has 0 saturated carbocycles. The summed E-state index contributed by atoms with van der Waals surface area (Å²) < 4.78 is 37.9. The fourth-order valence-electron chi connectivity index (χ4n) is 3.52. The van der Waals surface area contributed by atoms with Gasteiger partial charge in [0.05, 0.1) is 6.61 Å². The van der Waals surface area contributed by atoms with E-state index in [9.17, 15) is 4.39 Å². The van der Waals surface area contributed by atoms with E-state index >= 15 is 0 Å². The minimum atomic E-state index is -1.39. The lowest BCUT2D eigenvalue weighted by molar-refractivity contribution is 0.0678. The van der Waals surface area contributed by atoms with Crippen molar-refractivity contribution in [1.82, 2.24) is 5.32 Å². The minimum Gasteiger partial charge on any atom is -0.493 e. The smallest absolute Gasteiger partial charge is 0.238 e. The summed E-state index contributed by atoms with van der Waals surface area (Å²) in [6, 6.07) is 12.1. The molecule has 4 rings (SSSR count). The Balaban J connectivity index is 1.44. The van der Waals surface area contributed by atoms with Gasteiger partial charge in [-0.05, 0) is 48.7 Å². The highest BCUT2D eigenvalue weighted by Crippen LogP contribution is 2.38. The maximum Gasteiger partial charge on any atom is 0.238 e. The van der Waals surface area contributed by atoms with Crippen molar-refractivity contribution in [2.75, 3.05) is 19.7 Å². The van der Waals surface area contributed by atoms with Gasteiger partial charge in [0.15, 0.2) is 11.5 Å². The minimum absolute atomic E-state index is 0.211. The van der Waals surface area contributed by atoms with Crippen LogP contribution < -0.4 is 19.5 Å². The van der Waals surface area contributed by atoms with Crippen LogP contribution in [0.5, 0.6) is 17.2 Å². The van der Waals surface area contributed by atoms with Crippen LogP contribution in [-0.4, -0.2) is 26.0 Å². The van der Waals surface area contributed by atoms with Crippen molar-refractivity contribution in [1.29, 1.82) is 0 Å². The maximum absolute atomic E-state index is 13.2. The molecule has 2 aromatic carbocycles. The molecule has 1 unspecified atom stereocenters. The first kappa shape index (κ1) is 15.0. The van der Waals surface area contributed by atoms with Crippen LogP contribution in [0.15, 0.2) is 42.5 Å². The Hall–Kier alpha value is -2.27. The molecule has 0 aromatic heterocycles. The van der Waals surface area contributed by atoms with E-state index in [1.54, 1.807) is 19.1 Å². The molecule has 0 radical (unpaired) electrons. The molecule has 25 heavy (non-hydrogen) atoms. The topological polar surface area (TPSA) is 39.7 Å². The monoisotopic (exact) mass is 344 g/mol. The van der Waals surface area contributed by atoms with Gasteiger partial charge >= 0.3 is 0 Å². The van der Waals surface area contributed by atoms with Crippen LogP contribution in [0.4, 0.5) is 4.39 Å².